The van der Waals surface area contributed by atoms with Gasteiger partial charge in [0.05, 0.1) is 6.54 Å². The zero-order valence-corrected chi connectivity index (χ0v) is 10.8. The highest BCUT2D eigenvalue weighted by molar-refractivity contribution is 5.78. The summed E-state index contributed by atoms with van der Waals surface area (Å²) < 4.78 is 4.94. The van der Waals surface area contributed by atoms with E-state index in [2.05, 4.69) is 24.5 Å². The van der Waals surface area contributed by atoms with E-state index in [-0.39, 0.29) is 5.91 Å². The Bertz CT molecular complexity index is 170. The summed E-state index contributed by atoms with van der Waals surface area (Å²) in [5, 5.41) is 6.12. The van der Waals surface area contributed by atoms with Crippen LogP contribution in [0.4, 0.5) is 0 Å². The van der Waals surface area contributed by atoms with Crippen LogP contribution in [0.15, 0.2) is 0 Å². The van der Waals surface area contributed by atoms with Crippen molar-refractivity contribution in [1.82, 2.24) is 10.6 Å². The van der Waals surface area contributed by atoms with Crippen LogP contribution in [0.5, 0.6) is 0 Å². The highest BCUT2D eigenvalue weighted by atomic mass is 16.5. The van der Waals surface area contributed by atoms with Gasteiger partial charge >= 0.3 is 0 Å². The van der Waals surface area contributed by atoms with Gasteiger partial charge < -0.3 is 15.4 Å². The van der Waals surface area contributed by atoms with Crippen molar-refractivity contribution in [3.05, 3.63) is 0 Å². The molecule has 0 rings (SSSR count). The number of hydrogen-bond acceptors (Lipinski definition) is 3. The van der Waals surface area contributed by atoms with Crippen molar-refractivity contribution < 1.29 is 9.53 Å². The lowest BCUT2D eigenvalue weighted by Gasteiger charge is -2.14. The maximum Gasteiger partial charge on any atom is 0.234 e. The highest BCUT2D eigenvalue weighted by Gasteiger charge is 2.06. The Balaban J connectivity index is 3.36. The summed E-state index contributed by atoms with van der Waals surface area (Å²) in [6.07, 6.45) is 4.08. The molecular weight excluding hydrogens is 204 g/mol. The minimum absolute atomic E-state index is 0.0976. The van der Waals surface area contributed by atoms with E-state index in [0.717, 1.165) is 38.8 Å². The van der Waals surface area contributed by atoms with Crippen LogP contribution in [0, 0.1) is 0 Å². The van der Waals surface area contributed by atoms with Crippen LogP contribution in [0.2, 0.25) is 0 Å². The number of rotatable bonds is 10. The first kappa shape index (κ1) is 15.4. The van der Waals surface area contributed by atoms with Gasteiger partial charge in [-0.15, -0.1) is 0 Å². The molecule has 0 aromatic heterocycles. The number of methoxy groups -OCH3 is 1. The Morgan fingerprint density at radius 3 is 2.50 bits per heavy atom. The fourth-order valence-electron chi connectivity index (χ4n) is 1.47. The second-order valence-corrected chi connectivity index (χ2v) is 3.96. The van der Waals surface area contributed by atoms with Crippen LogP contribution >= 0.6 is 0 Å². The van der Waals surface area contributed by atoms with Gasteiger partial charge in [-0.1, -0.05) is 13.8 Å². The van der Waals surface area contributed by atoms with E-state index in [1.165, 1.54) is 0 Å². The van der Waals surface area contributed by atoms with Gasteiger partial charge in [0.1, 0.15) is 0 Å². The lowest BCUT2D eigenvalue weighted by Crippen LogP contribution is -2.40. The molecule has 0 fully saturated rings. The van der Waals surface area contributed by atoms with Gasteiger partial charge in [0, 0.05) is 19.8 Å². The molecular formula is C12H26N2O2. The minimum atomic E-state index is 0.0976. The van der Waals surface area contributed by atoms with E-state index < -0.39 is 0 Å². The number of nitrogens with one attached hydrogen (secondary N) is 2. The first-order valence-electron chi connectivity index (χ1n) is 6.23. The average Bonchev–Trinajstić information content (AvgIpc) is 2.30. The van der Waals surface area contributed by atoms with E-state index in [9.17, 15) is 4.79 Å². The molecule has 0 saturated carbocycles. The molecule has 0 aliphatic heterocycles. The molecule has 2 N–H and O–H groups in total. The van der Waals surface area contributed by atoms with Crippen LogP contribution in [0.25, 0.3) is 0 Å². The summed E-state index contributed by atoms with van der Waals surface area (Å²) in [6.45, 7) is 6.27. The summed E-state index contributed by atoms with van der Waals surface area (Å²) in [7, 11) is 1.70. The summed E-state index contributed by atoms with van der Waals surface area (Å²) in [5.41, 5.74) is 0. The minimum Gasteiger partial charge on any atom is -0.385 e. The number of carbonyl (C=O) groups is 1. The quantitative estimate of drug-likeness (QED) is 0.556. The lowest BCUT2D eigenvalue weighted by atomic mass is 10.2. The van der Waals surface area contributed by atoms with Crippen LogP contribution < -0.4 is 10.6 Å². The van der Waals surface area contributed by atoms with Gasteiger partial charge in [0.2, 0.25) is 5.91 Å². The van der Waals surface area contributed by atoms with Crippen molar-refractivity contribution in [3.8, 4) is 0 Å². The third-order valence-corrected chi connectivity index (χ3v) is 2.59. The SMILES string of the molecule is CCC(CC)NC(=O)CNCCCCOC. The van der Waals surface area contributed by atoms with Gasteiger partial charge in [0.15, 0.2) is 0 Å². The lowest BCUT2D eigenvalue weighted by molar-refractivity contribution is -0.121. The molecule has 0 saturated heterocycles. The fraction of sp³-hybridized carbons (Fsp3) is 0.917. The largest absolute Gasteiger partial charge is 0.385 e. The molecule has 0 spiro atoms. The second-order valence-electron chi connectivity index (χ2n) is 3.96. The third kappa shape index (κ3) is 8.68. The molecule has 96 valence electrons. The Kier molecular flexibility index (Phi) is 10.5. The van der Waals surface area contributed by atoms with Crippen LogP contribution in [0.3, 0.4) is 0 Å². The molecule has 0 atom stereocenters. The van der Waals surface area contributed by atoms with Crippen molar-refractivity contribution in [2.75, 3.05) is 26.8 Å². The number of unbranched alkanes of at least 4 members (excludes halogenated alkanes) is 1. The summed E-state index contributed by atoms with van der Waals surface area (Å²) in [4.78, 5) is 11.5. The molecule has 0 aliphatic rings. The second kappa shape index (κ2) is 10.9. The Hall–Kier alpha value is -0.610. The maximum atomic E-state index is 11.5. The number of ether oxygens (including phenoxy) is 1. The van der Waals surface area contributed by atoms with E-state index in [1.807, 2.05) is 0 Å². The van der Waals surface area contributed by atoms with Crippen LogP contribution in [-0.2, 0) is 9.53 Å². The van der Waals surface area contributed by atoms with Crippen molar-refractivity contribution in [1.29, 1.82) is 0 Å². The van der Waals surface area contributed by atoms with Crippen molar-refractivity contribution >= 4 is 5.91 Å². The molecule has 4 nitrogen and oxygen atoms in total. The zero-order chi connectivity index (χ0) is 12.2. The molecule has 0 aromatic carbocycles. The van der Waals surface area contributed by atoms with Crippen molar-refractivity contribution in [2.45, 2.75) is 45.6 Å². The number of hydrogen-bond donors (Lipinski definition) is 2. The zero-order valence-electron chi connectivity index (χ0n) is 10.8. The standard InChI is InChI=1S/C12H26N2O2/c1-4-11(5-2)14-12(15)10-13-8-6-7-9-16-3/h11,13H,4-10H2,1-3H3,(H,14,15). The molecule has 0 bridgehead atoms. The average molecular weight is 230 g/mol. The first-order chi connectivity index (χ1) is 7.74. The topological polar surface area (TPSA) is 50.4 Å². The summed E-state index contributed by atoms with van der Waals surface area (Å²) >= 11 is 0. The van der Waals surface area contributed by atoms with Crippen molar-refractivity contribution in [2.24, 2.45) is 0 Å². The molecule has 0 aliphatic carbocycles. The van der Waals surface area contributed by atoms with Gasteiger partial charge in [-0.25, -0.2) is 0 Å². The Morgan fingerprint density at radius 1 is 1.25 bits per heavy atom. The monoisotopic (exact) mass is 230 g/mol. The third-order valence-electron chi connectivity index (χ3n) is 2.59. The molecule has 16 heavy (non-hydrogen) atoms. The summed E-state index contributed by atoms with van der Waals surface area (Å²) in [6, 6.07) is 0.322. The fourth-order valence-corrected chi connectivity index (χ4v) is 1.47. The highest BCUT2D eigenvalue weighted by Crippen LogP contribution is 1.95. The van der Waals surface area contributed by atoms with E-state index in [4.69, 9.17) is 4.74 Å². The number of amides is 1. The van der Waals surface area contributed by atoms with Crippen LogP contribution in [0.1, 0.15) is 39.5 Å². The van der Waals surface area contributed by atoms with Gasteiger partial charge in [0.25, 0.3) is 0 Å². The van der Waals surface area contributed by atoms with E-state index in [0.29, 0.717) is 12.6 Å². The molecule has 1 amide bonds. The molecule has 0 radical (unpaired) electrons. The van der Waals surface area contributed by atoms with Crippen molar-refractivity contribution in [3.63, 3.8) is 0 Å². The predicted octanol–water partition coefficient (Wildman–Crippen LogP) is 1.31. The summed E-state index contributed by atoms with van der Waals surface area (Å²) in [5.74, 6) is 0.0976. The first-order valence-corrected chi connectivity index (χ1v) is 6.23. The molecule has 4 heteroatoms. The van der Waals surface area contributed by atoms with Crippen LogP contribution in [-0.4, -0.2) is 38.8 Å². The van der Waals surface area contributed by atoms with Gasteiger partial charge in [-0.3, -0.25) is 4.79 Å². The normalized spacial score (nSPS) is 10.8. The molecule has 0 heterocycles. The molecule has 0 unspecified atom stereocenters. The maximum absolute atomic E-state index is 11.5. The smallest absolute Gasteiger partial charge is 0.234 e. The Morgan fingerprint density at radius 2 is 1.94 bits per heavy atom. The van der Waals surface area contributed by atoms with Gasteiger partial charge in [-0.2, -0.15) is 0 Å². The number of carbonyl (C=O) groups excluding carboxylic acids is 1. The van der Waals surface area contributed by atoms with E-state index in [1.54, 1.807) is 7.11 Å². The molecule has 0 aromatic rings. The van der Waals surface area contributed by atoms with Gasteiger partial charge in [-0.05, 0) is 32.2 Å². The Labute approximate surface area is 99.1 Å². The van der Waals surface area contributed by atoms with E-state index >= 15 is 0 Å². The predicted molar refractivity (Wildman–Crippen MR) is 66.5 cm³/mol.